The SMILES string of the molecule is COC(=O)c1cccc2c1CCCN2C(=O)c1cn(-c2ccccc2)nn1. The topological polar surface area (TPSA) is 77.3 Å². The van der Waals surface area contributed by atoms with Crippen molar-refractivity contribution in [2.24, 2.45) is 0 Å². The van der Waals surface area contributed by atoms with Gasteiger partial charge < -0.3 is 9.64 Å². The predicted molar refractivity (Wildman–Crippen MR) is 99.1 cm³/mol. The Morgan fingerprint density at radius 2 is 1.89 bits per heavy atom. The van der Waals surface area contributed by atoms with Gasteiger partial charge in [-0.05, 0) is 42.7 Å². The summed E-state index contributed by atoms with van der Waals surface area (Å²) >= 11 is 0. The van der Waals surface area contributed by atoms with Crippen LogP contribution in [0.25, 0.3) is 5.69 Å². The fraction of sp³-hybridized carbons (Fsp3) is 0.200. The van der Waals surface area contributed by atoms with E-state index in [9.17, 15) is 9.59 Å². The number of fused-ring (bicyclic) bond motifs is 1. The second kappa shape index (κ2) is 7.03. The van der Waals surface area contributed by atoms with Crippen molar-refractivity contribution in [3.63, 3.8) is 0 Å². The van der Waals surface area contributed by atoms with Gasteiger partial charge in [-0.25, -0.2) is 9.48 Å². The Labute approximate surface area is 156 Å². The Hall–Kier alpha value is -3.48. The summed E-state index contributed by atoms with van der Waals surface area (Å²) in [5.41, 5.74) is 3.15. The van der Waals surface area contributed by atoms with Crippen molar-refractivity contribution in [1.29, 1.82) is 0 Å². The van der Waals surface area contributed by atoms with Gasteiger partial charge in [-0.15, -0.1) is 5.10 Å². The number of benzene rings is 2. The molecule has 0 N–H and O–H groups in total. The summed E-state index contributed by atoms with van der Waals surface area (Å²) in [6.07, 6.45) is 3.11. The first kappa shape index (κ1) is 17.0. The van der Waals surface area contributed by atoms with Crippen LogP contribution < -0.4 is 4.90 Å². The van der Waals surface area contributed by atoms with Crippen LogP contribution in [0.2, 0.25) is 0 Å². The average Bonchev–Trinajstić information content (AvgIpc) is 3.22. The van der Waals surface area contributed by atoms with Crippen LogP contribution in [0.15, 0.2) is 54.7 Å². The van der Waals surface area contributed by atoms with Crippen LogP contribution in [0.4, 0.5) is 5.69 Å². The molecular formula is C20H18N4O3. The molecule has 0 saturated heterocycles. The van der Waals surface area contributed by atoms with E-state index in [-0.39, 0.29) is 11.6 Å². The van der Waals surface area contributed by atoms with E-state index in [1.54, 1.807) is 27.9 Å². The van der Waals surface area contributed by atoms with E-state index >= 15 is 0 Å². The molecule has 7 heteroatoms. The van der Waals surface area contributed by atoms with Gasteiger partial charge in [0.15, 0.2) is 5.69 Å². The second-order valence-corrected chi connectivity index (χ2v) is 6.24. The molecular weight excluding hydrogens is 344 g/mol. The summed E-state index contributed by atoms with van der Waals surface area (Å²) < 4.78 is 6.44. The van der Waals surface area contributed by atoms with Crippen molar-refractivity contribution in [2.75, 3.05) is 18.6 Å². The number of aromatic nitrogens is 3. The number of carbonyl (C=O) groups is 2. The lowest BCUT2D eigenvalue weighted by atomic mass is 9.96. The van der Waals surface area contributed by atoms with Gasteiger partial charge in [0, 0.05) is 12.2 Å². The number of hydrogen-bond acceptors (Lipinski definition) is 5. The van der Waals surface area contributed by atoms with E-state index in [1.165, 1.54) is 7.11 Å². The molecule has 0 unspecified atom stereocenters. The number of amides is 1. The minimum Gasteiger partial charge on any atom is -0.465 e. The maximum atomic E-state index is 13.1. The highest BCUT2D eigenvalue weighted by Gasteiger charge is 2.28. The molecule has 2 aromatic carbocycles. The third-order valence-electron chi connectivity index (χ3n) is 4.63. The zero-order chi connectivity index (χ0) is 18.8. The van der Waals surface area contributed by atoms with Crippen LogP contribution >= 0.6 is 0 Å². The van der Waals surface area contributed by atoms with Crippen molar-refractivity contribution in [3.05, 3.63) is 71.5 Å². The van der Waals surface area contributed by atoms with E-state index in [0.29, 0.717) is 12.1 Å². The fourth-order valence-corrected chi connectivity index (χ4v) is 3.34. The summed E-state index contributed by atoms with van der Waals surface area (Å²) in [5.74, 6) is -0.628. The molecule has 0 fully saturated rings. The predicted octanol–water partition coefficient (Wildman–Crippen LogP) is 2.65. The number of para-hydroxylation sites is 1. The van der Waals surface area contributed by atoms with Gasteiger partial charge in [0.05, 0.1) is 24.6 Å². The highest BCUT2D eigenvalue weighted by atomic mass is 16.5. The van der Waals surface area contributed by atoms with Gasteiger partial charge in [0.25, 0.3) is 5.91 Å². The standard InChI is InChI=1S/C20H18N4O3/c1-27-20(26)16-9-5-11-18-15(16)10-6-12-23(18)19(25)17-13-24(22-21-17)14-7-3-2-4-8-14/h2-5,7-9,11,13H,6,10,12H2,1H3. The average molecular weight is 362 g/mol. The van der Waals surface area contributed by atoms with Crippen LogP contribution in [0.5, 0.6) is 0 Å². The number of rotatable bonds is 3. The molecule has 27 heavy (non-hydrogen) atoms. The number of methoxy groups -OCH3 is 1. The van der Waals surface area contributed by atoms with Gasteiger partial charge in [-0.1, -0.05) is 29.5 Å². The molecule has 136 valence electrons. The maximum Gasteiger partial charge on any atom is 0.338 e. The van der Waals surface area contributed by atoms with Crippen LogP contribution in [0.3, 0.4) is 0 Å². The molecule has 0 bridgehead atoms. The lowest BCUT2D eigenvalue weighted by Gasteiger charge is -2.29. The van der Waals surface area contributed by atoms with Crippen molar-refractivity contribution in [1.82, 2.24) is 15.0 Å². The van der Waals surface area contributed by atoms with E-state index in [1.807, 2.05) is 36.4 Å². The normalized spacial score (nSPS) is 13.1. The lowest BCUT2D eigenvalue weighted by molar-refractivity contribution is 0.0599. The van der Waals surface area contributed by atoms with Crippen LogP contribution in [-0.4, -0.2) is 40.5 Å². The zero-order valence-electron chi connectivity index (χ0n) is 14.8. The van der Waals surface area contributed by atoms with Gasteiger partial charge >= 0.3 is 5.97 Å². The summed E-state index contributed by atoms with van der Waals surface area (Å²) in [7, 11) is 1.36. The Balaban J connectivity index is 1.67. The van der Waals surface area contributed by atoms with E-state index in [0.717, 1.165) is 29.8 Å². The van der Waals surface area contributed by atoms with Crippen molar-refractivity contribution in [3.8, 4) is 5.69 Å². The number of esters is 1. The van der Waals surface area contributed by atoms with Crippen LogP contribution in [-0.2, 0) is 11.2 Å². The number of carbonyl (C=O) groups excluding carboxylic acids is 2. The number of hydrogen-bond donors (Lipinski definition) is 0. The molecule has 4 rings (SSSR count). The fourth-order valence-electron chi connectivity index (χ4n) is 3.34. The zero-order valence-corrected chi connectivity index (χ0v) is 14.8. The minimum absolute atomic E-state index is 0.236. The summed E-state index contributed by atoms with van der Waals surface area (Å²) in [6.45, 7) is 0.564. The summed E-state index contributed by atoms with van der Waals surface area (Å²) in [4.78, 5) is 26.7. The quantitative estimate of drug-likeness (QED) is 0.670. The first-order valence-corrected chi connectivity index (χ1v) is 8.69. The molecule has 2 heterocycles. The van der Waals surface area contributed by atoms with E-state index in [2.05, 4.69) is 10.3 Å². The Morgan fingerprint density at radius 1 is 1.07 bits per heavy atom. The third kappa shape index (κ3) is 3.08. The Morgan fingerprint density at radius 3 is 2.67 bits per heavy atom. The van der Waals surface area contributed by atoms with Crippen molar-refractivity contribution < 1.29 is 14.3 Å². The smallest absolute Gasteiger partial charge is 0.338 e. The number of ether oxygens (including phenoxy) is 1. The second-order valence-electron chi connectivity index (χ2n) is 6.24. The van der Waals surface area contributed by atoms with E-state index < -0.39 is 5.97 Å². The molecule has 1 amide bonds. The summed E-state index contributed by atoms with van der Waals surface area (Å²) in [6, 6.07) is 14.8. The van der Waals surface area contributed by atoms with Crippen LogP contribution in [0.1, 0.15) is 32.8 Å². The molecule has 1 aliphatic rings. The molecule has 0 spiro atoms. The molecule has 1 aliphatic heterocycles. The number of anilines is 1. The molecule has 7 nitrogen and oxygen atoms in total. The summed E-state index contributed by atoms with van der Waals surface area (Å²) in [5, 5.41) is 8.11. The third-order valence-corrected chi connectivity index (χ3v) is 4.63. The Kier molecular flexibility index (Phi) is 4.42. The lowest BCUT2D eigenvalue weighted by Crippen LogP contribution is -2.36. The van der Waals surface area contributed by atoms with E-state index in [4.69, 9.17) is 4.74 Å². The highest BCUT2D eigenvalue weighted by molar-refractivity contribution is 6.06. The molecule has 0 radical (unpaired) electrons. The molecule has 0 atom stereocenters. The van der Waals surface area contributed by atoms with Gasteiger partial charge in [0.1, 0.15) is 0 Å². The first-order valence-electron chi connectivity index (χ1n) is 8.69. The minimum atomic E-state index is -0.392. The van der Waals surface area contributed by atoms with Crippen LogP contribution in [0, 0.1) is 0 Å². The molecule has 0 aliphatic carbocycles. The Bertz CT molecular complexity index is 997. The van der Waals surface area contributed by atoms with Gasteiger partial charge in [0.2, 0.25) is 0 Å². The largest absolute Gasteiger partial charge is 0.465 e. The van der Waals surface area contributed by atoms with Crippen molar-refractivity contribution >= 4 is 17.6 Å². The van der Waals surface area contributed by atoms with Gasteiger partial charge in [-0.2, -0.15) is 0 Å². The monoisotopic (exact) mass is 362 g/mol. The maximum absolute atomic E-state index is 13.1. The number of nitrogens with zero attached hydrogens (tertiary/aromatic N) is 4. The molecule has 0 saturated carbocycles. The molecule has 1 aromatic heterocycles. The first-order chi connectivity index (χ1) is 13.2. The highest BCUT2D eigenvalue weighted by Crippen LogP contribution is 2.31. The van der Waals surface area contributed by atoms with Gasteiger partial charge in [-0.3, -0.25) is 4.79 Å². The van der Waals surface area contributed by atoms with Crippen molar-refractivity contribution in [2.45, 2.75) is 12.8 Å². The molecule has 3 aromatic rings.